The minimum Gasteiger partial charge on any atom is -0.370 e. The van der Waals surface area contributed by atoms with Crippen molar-refractivity contribution in [3.63, 3.8) is 0 Å². The molecule has 2 aliphatic rings. The Morgan fingerprint density at radius 2 is 2.04 bits per heavy atom. The van der Waals surface area contributed by atoms with Crippen LogP contribution in [0.2, 0.25) is 0 Å². The third-order valence-corrected chi connectivity index (χ3v) is 6.15. The number of hydrogen-bond acceptors (Lipinski definition) is 4. The average molecular weight is 380 g/mol. The van der Waals surface area contributed by atoms with Gasteiger partial charge in [0.15, 0.2) is 0 Å². The van der Waals surface area contributed by atoms with Gasteiger partial charge < -0.3 is 15.4 Å². The van der Waals surface area contributed by atoms with Crippen LogP contribution in [0.15, 0.2) is 48.8 Å². The van der Waals surface area contributed by atoms with Gasteiger partial charge in [0.25, 0.3) is 0 Å². The topological polar surface area (TPSA) is 63.2 Å². The van der Waals surface area contributed by atoms with Gasteiger partial charge >= 0.3 is 0 Å². The second-order valence-corrected chi connectivity index (χ2v) is 8.23. The van der Waals surface area contributed by atoms with Crippen LogP contribution in [-0.2, 0) is 21.6 Å². The molecule has 1 aromatic heterocycles. The van der Waals surface area contributed by atoms with E-state index in [0.717, 1.165) is 31.5 Å². The first kappa shape index (κ1) is 19.1. The maximum atomic E-state index is 12.6. The SMILES string of the molecule is CC(C)C(=O)N[C@@H]1c2ccccc2C2(CCNCC2)[C@H]1OCc1cccnc1. The maximum absolute atomic E-state index is 12.6. The number of piperidine rings is 1. The molecular formula is C23H29N3O2. The van der Waals surface area contributed by atoms with Gasteiger partial charge in [-0.3, -0.25) is 9.78 Å². The molecule has 1 aromatic carbocycles. The zero-order valence-electron chi connectivity index (χ0n) is 16.7. The third kappa shape index (κ3) is 3.45. The third-order valence-electron chi connectivity index (χ3n) is 6.15. The number of rotatable bonds is 5. The van der Waals surface area contributed by atoms with Gasteiger partial charge in [0.1, 0.15) is 0 Å². The van der Waals surface area contributed by atoms with Crippen LogP contribution in [-0.4, -0.2) is 30.1 Å². The average Bonchev–Trinajstić information content (AvgIpc) is 2.97. The van der Waals surface area contributed by atoms with Crippen LogP contribution in [0.5, 0.6) is 0 Å². The molecule has 148 valence electrons. The van der Waals surface area contributed by atoms with Gasteiger partial charge in [-0.2, -0.15) is 0 Å². The van der Waals surface area contributed by atoms with E-state index in [0.29, 0.717) is 6.61 Å². The van der Waals surface area contributed by atoms with Gasteiger partial charge in [-0.15, -0.1) is 0 Å². The van der Waals surface area contributed by atoms with E-state index in [4.69, 9.17) is 4.74 Å². The van der Waals surface area contributed by atoms with Crippen molar-refractivity contribution < 1.29 is 9.53 Å². The number of fused-ring (bicyclic) bond motifs is 2. The molecule has 1 aliphatic heterocycles. The van der Waals surface area contributed by atoms with E-state index in [-0.39, 0.29) is 29.4 Å². The Bertz CT molecular complexity index is 816. The van der Waals surface area contributed by atoms with Gasteiger partial charge in [-0.25, -0.2) is 0 Å². The van der Waals surface area contributed by atoms with E-state index in [1.807, 2.05) is 32.2 Å². The predicted octanol–water partition coefficient (Wildman–Crippen LogP) is 3.12. The number of nitrogens with zero attached hydrogens (tertiary/aromatic N) is 1. The molecule has 0 radical (unpaired) electrons. The van der Waals surface area contributed by atoms with Crippen LogP contribution in [0, 0.1) is 5.92 Å². The fourth-order valence-corrected chi connectivity index (χ4v) is 4.68. The number of carbonyl (C=O) groups is 1. The molecule has 28 heavy (non-hydrogen) atoms. The molecule has 1 aliphatic carbocycles. The van der Waals surface area contributed by atoms with Crippen LogP contribution in [0.1, 0.15) is 49.4 Å². The molecule has 2 atom stereocenters. The highest BCUT2D eigenvalue weighted by molar-refractivity contribution is 5.78. The second kappa shape index (κ2) is 8.02. The lowest BCUT2D eigenvalue weighted by Crippen LogP contribution is -2.50. The summed E-state index contributed by atoms with van der Waals surface area (Å²) in [5.41, 5.74) is 3.52. The van der Waals surface area contributed by atoms with E-state index in [1.165, 1.54) is 11.1 Å². The van der Waals surface area contributed by atoms with E-state index < -0.39 is 0 Å². The number of pyridine rings is 1. The number of aromatic nitrogens is 1. The molecule has 1 saturated heterocycles. The molecule has 5 nitrogen and oxygen atoms in total. The molecule has 1 amide bonds. The monoisotopic (exact) mass is 379 g/mol. The van der Waals surface area contributed by atoms with Crippen LogP contribution in [0.4, 0.5) is 0 Å². The molecule has 0 bridgehead atoms. The number of hydrogen-bond donors (Lipinski definition) is 2. The molecule has 0 unspecified atom stereocenters. The van der Waals surface area contributed by atoms with Gasteiger partial charge in [-0.05, 0) is 48.7 Å². The summed E-state index contributed by atoms with van der Waals surface area (Å²) in [6.45, 7) is 6.29. The van der Waals surface area contributed by atoms with Crippen molar-refractivity contribution in [3.8, 4) is 0 Å². The summed E-state index contributed by atoms with van der Waals surface area (Å²) >= 11 is 0. The summed E-state index contributed by atoms with van der Waals surface area (Å²) in [6, 6.07) is 12.4. The van der Waals surface area contributed by atoms with Crippen molar-refractivity contribution in [1.29, 1.82) is 0 Å². The van der Waals surface area contributed by atoms with Gasteiger partial charge in [0.2, 0.25) is 5.91 Å². The quantitative estimate of drug-likeness (QED) is 0.838. The zero-order valence-corrected chi connectivity index (χ0v) is 16.7. The predicted molar refractivity (Wildman–Crippen MR) is 109 cm³/mol. The lowest BCUT2D eigenvalue weighted by Gasteiger charge is -2.41. The fraction of sp³-hybridized carbons (Fsp3) is 0.478. The lowest BCUT2D eigenvalue weighted by molar-refractivity contribution is -0.127. The molecule has 0 saturated carbocycles. The molecule has 1 fully saturated rings. The maximum Gasteiger partial charge on any atom is 0.223 e. The standard InChI is InChI=1S/C23H29N3O2/c1-16(2)22(27)26-20-18-7-3-4-8-19(18)23(9-12-24-13-10-23)21(20)28-15-17-6-5-11-25-14-17/h3-8,11,14,16,20-21,24H,9-10,12-13,15H2,1-2H3,(H,26,27)/t20-,21+/m1/s1. The van der Waals surface area contributed by atoms with E-state index in [9.17, 15) is 4.79 Å². The van der Waals surface area contributed by atoms with Crippen molar-refractivity contribution in [2.45, 2.75) is 50.9 Å². The number of benzene rings is 1. The smallest absolute Gasteiger partial charge is 0.223 e. The Morgan fingerprint density at radius 1 is 1.25 bits per heavy atom. The highest BCUT2D eigenvalue weighted by Gasteiger charge is 2.53. The molecule has 2 heterocycles. The number of ether oxygens (including phenoxy) is 1. The van der Waals surface area contributed by atoms with Crippen LogP contribution >= 0.6 is 0 Å². The second-order valence-electron chi connectivity index (χ2n) is 8.23. The highest BCUT2D eigenvalue weighted by Crippen LogP contribution is 2.51. The van der Waals surface area contributed by atoms with Gasteiger partial charge in [0, 0.05) is 23.7 Å². The highest BCUT2D eigenvalue weighted by atomic mass is 16.5. The van der Waals surface area contributed by atoms with Gasteiger partial charge in [-0.1, -0.05) is 44.2 Å². The molecular weight excluding hydrogens is 350 g/mol. The summed E-state index contributed by atoms with van der Waals surface area (Å²) in [6.07, 6.45) is 5.55. The van der Waals surface area contributed by atoms with Gasteiger partial charge in [0.05, 0.1) is 18.8 Å². The van der Waals surface area contributed by atoms with Crippen molar-refractivity contribution in [2.24, 2.45) is 5.92 Å². The number of nitrogens with one attached hydrogen (secondary N) is 2. The summed E-state index contributed by atoms with van der Waals surface area (Å²) in [5.74, 6) is 0.0106. The van der Waals surface area contributed by atoms with E-state index in [2.05, 4.69) is 39.9 Å². The first-order valence-corrected chi connectivity index (χ1v) is 10.2. The Kier molecular flexibility index (Phi) is 5.47. The summed E-state index contributed by atoms with van der Waals surface area (Å²) in [5, 5.41) is 6.77. The normalized spacial score (nSPS) is 23.0. The summed E-state index contributed by atoms with van der Waals surface area (Å²) in [7, 11) is 0. The molecule has 5 heteroatoms. The Labute approximate surface area is 166 Å². The van der Waals surface area contributed by atoms with E-state index >= 15 is 0 Å². The fourth-order valence-electron chi connectivity index (χ4n) is 4.68. The molecule has 1 spiro atoms. The summed E-state index contributed by atoms with van der Waals surface area (Å²) < 4.78 is 6.58. The largest absolute Gasteiger partial charge is 0.370 e. The Hall–Kier alpha value is -2.24. The lowest BCUT2D eigenvalue weighted by atomic mass is 9.72. The van der Waals surface area contributed by atoms with Crippen LogP contribution in [0.3, 0.4) is 0 Å². The van der Waals surface area contributed by atoms with Crippen molar-refractivity contribution in [3.05, 3.63) is 65.5 Å². The van der Waals surface area contributed by atoms with Crippen molar-refractivity contribution in [1.82, 2.24) is 15.6 Å². The minimum absolute atomic E-state index is 0.0595. The van der Waals surface area contributed by atoms with Crippen LogP contribution < -0.4 is 10.6 Å². The Morgan fingerprint density at radius 3 is 2.75 bits per heavy atom. The number of amides is 1. The van der Waals surface area contributed by atoms with Crippen molar-refractivity contribution in [2.75, 3.05) is 13.1 Å². The van der Waals surface area contributed by atoms with Crippen molar-refractivity contribution >= 4 is 5.91 Å². The first-order chi connectivity index (χ1) is 13.6. The number of carbonyl (C=O) groups excluding carboxylic acids is 1. The Balaban J connectivity index is 1.69. The summed E-state index contributed by atoms with van der Waals surface area (Å²) in [4.78, 5) is 16.8. The zero-order chi connectivity index (χ0) is 19.6. The molecule has 4 rings (SSSR count). The molecule has 2 aromatic rings. The minimum atomic E-state index is -0.124. The van der Waals surface area contributed by atoms with Crippen LogP contribution in [0.25, 0.3) is 0 Å². The first-order valence-electron chi connectivity index (χ1n) is 10.2. The van der Waals surface area contributed by atoms with E-state index in [1.54, 1.807) is 6.20 Å². The molecule has 2 N–H and O–H groups in total.